The number of ether oxygens (including phenoxy) is 1. The van der Waals surface area contributed by atoms with Crippen molar-refractivity contribution in [1.29, 1.82) is 0 Å². The lowest BCUT2D eigenvalue weighted by molar-refractivity contribution is -0.248. The van der Waals surface area contributed by atoms with Gasteiger partial charge in [-0.1, -0.05) is 6.92 Å². The Kier molecular flexibility index (Phi) is 8.22. The van der Waals surface area contributed by atoms with Crippen LogP contribution in [-0.4, -0.2) is 63.6 Å². The number of carboxylic acids is 1. The number of carbonyl (C=O) groups excluding carboxylic acids is 2. The number of alkyl halides is 3. The number of aliphatic carboxylic acids is 1. The zero-order valence-corrected chi connectivity index (χ0v) is 22.7. The van der Waals surface area contributed by atoms with Gasteiger partial charge in [0.1, 0.15) is 12.4 Å². The zero-order valence-electron chi connectivity index (χ0n) is 22.7. The van der Waals surface area contributed by atoms with E-state index in [-0.39, 0.29) is 30.7 Å². The van der Waals surface area contributed by atoms with Gasteiger partial charge < -0.3 is 35.0 Å². The molecule has 10 nitrogen and oxygen atoms in total. The highest BCUT2D eigenvalue weighted by Crippen LogP contribution is 2.71. The predicted octanol–water partition coefficient (Wildman–Crippen LogP) is 2.68. The molecule has 0 saturated heterocycles. The molecule has 1 aromatic heterocycles. The molecular formula is C28H36F3NO9. The molecular weight excluding hydrogens is 551 g/mol. The molecule has 5 N–H and O–H groups in total. The number of fused-ring (bicyclic) bond motifs is 5. The van der Waals surface area contributed by atoms with Crippen molar-refractivity contribution in [2.45, 2.75) is 94.1 Å². The molecule has 1 heterocycles. The third-order valence-corrected chi connectivity index (χ3v) is 10.5. The number of rotatable bonds is 4. The van der Waals surface area contributed by atoms with E-state index in [0.717, 1.165) is 24.7 Å². The number of nitrogens with two attached hydrogens (primary N) is 1. The van der Waals surface area contributed by atoms with Gasteiger partial charge in [-0.05, 0) is 80.8 Å². The molecule has 1 aromatic rings. The molecule has 0 radical (unpaired) electrons. The molecule has 13 heteroatoms. The summed E-state index contributed by atoms with van der Waals surface area (Å²) in [5.41, 5.74) is 2.31. The Bertz CT molecular complexity index is 1220. The van der Waals surface area contributed by atoms with Crippen LogP contribution in [0.3, 0.4) is 0 Å². The van der Waals surface area contributed by atoms with E-state index in [1.165, 1.54) is 12.3 Å². The van der Waals surface area contributed by atoms with E-state index in [9.17, 15) is 37.8 Å². The number of carboxylic acid groups (broad SMARTS) is 1. The summed E-state index contributed by atoms with van der Waals surface area (Å²) in [5, 5.41) is 31.2. The van der Waals surface area contributed by atoms with Gasteiger partial charge in [-0.25, -0.2) is 9.59 Å². The van der Waals surface area contributed by atoms with Crippen molar-refractivity contribution in [3.8, 4) is 0 Å². The van der Waals surface area contributed by atoms with E-state index in [0.29, 0.717) is 38.5 Å². The molecule has 0 spiro atoms. The van der Waals surface area contributed by atoms with Crippen LogP contribution in [-0.2, 0) is 19.1 Å². The zero-order chi connectivity index (χ0) is 30.4. The lowest BCUT2D eigenvalue weighted by Gasteiger charge is -2.65. The van der Waals surface area contributed by atoms with Gasteiger partial charge in [0.2, 0.25) is 0 Å². The van der Waals surface area contributed by atoms with E-state index >= 15 is 0 Å². The minimum absolute atomic E-state index is 0.0576. The van der Waals surface area contributed by atoms with Gasteiger partial charge in [0.25, 0.3) is 0 Å². The number of halogens is 3. The van der Waals surface area contributed by atoms with Crippen molar-refractivity contribution in [3.05, 3.63) is 34.4 Å². The number of carbonyl (C=O) groups is 3. The summed E-state index contributed by atoms with van der Waals surface area (Å²) in [7, 11) is 0. The van der Waals surface area contributed by atoms with Crippen LogP contribution in [0.25, 0.3) is 0 Å². The summed E-state index contributed by atoms with van der Waals surface area (Å²) in [6.07, 6.45) is 1.89. The number of aldehydes is 1. The van der Waals surface area contributed by atoms with E-state index in [4.69, 9.17) is 24.8 Å². The Balaban J connectivity index is 0.000000493. The van der Waals surface area contributed by atoms with Crippen molar-refractivity contribution in [2.75, 3.05) is 6.54 Å². The van der Waals surface area contributed by atoms with Crippen molar-refractivity contribution in [3.63, 3.8) is 0 Å². The van der Waals surface area contributed by atoms with Gasteiger partial charge in [-0.15, -0.1) is 0 Å². The normalized spacial score (nSPS) is 39.7. The molecule has 4 aliphatic rings. The molecule has 5 rings (SSSR count). The van der Waals surface area contributed by atoms with E-state index in [2.05, 4.69) is 6.92 Å². The molecule has 228 valence electrons. The first-order chi connectivity index (χ1) is 19.1. The summed E-state index contributed by atoms with van der Waals surface area (Å²) in [5.74, 6) is -3.45. The topological polar surface area (TPSA) is 177 Å². The SMILES string of the molecule is C[C@]12CC[C@H]3[C@@H](CC[C@]4(O)C[C@@H](OC(=O)CN)CC[C@]34C=O)[C@@]1(O)CC[C@@H]2c1ccc(=O)oc1.O=C(O)C(F)(F)F. The molecule has 0 amide bonds. The van der Waals surface area contributed by atoms with Gasteiger partial charge >= 0.3 is 23.7 Å². The highest BCUT2D eigenvalue weighted by Gasteiger charge is 2.71. The molecule has 0 bridgehead atoms. The average Bonchev–Trinajstić information content (AvgIpc) is 3.19. The second kappa shape index (κ2) is 10.8. The summed E-state index contributed by atoms with van der Waals surface area (Å²) < 4.78 is 42.3. The molecule has 0 aromatic carbocycles. The smallest absolute Gasteiger partial charge is 0.475 e. The number of hydrogen-bond acceptors (Lipinski definition) is 9. The van der Waals surface area contributed by atoms with Gasteiger partial charge in [-0.2, -0.15) is 13.2 Å². The predicted molar refractivity (Wildman–Crippen MR) is 135 cm³/mol. The fourth-order valence-corrected chi connectivity index (χ4v) is 8.57. The monoisotopic (exact) mass is 587 g/mol. The van der Waals surface area contributed by atoms with Crippen LogP contribution in [0.5, 0.6) is 0 Å². The van der Waals surface area contributed by atoms with Crippen LogP contribution < -0.4 is 11.4 Å². The fraction of sp³-hybridized carbons (Fsp3) is 0.714. The second-order valence-electron chi connectivity index (χ2n) is 12.2. The van der Waals surface area contributed by atoms with Crippen LogP contribution in [0.4, 0.5) is 13.2 Å². The van der Waals surface area contributed by atoms with Crippen LogP contribution in [0.2, 0.25) is 0 Å². The first kappa shape index (κ1) is 31.2. The molecule has 8 atom stereocenters. The third-order valence-electron chi connectivity index (χ3n) is 10.5. The summed E-state index contributed by atoms with van der Waals surface area (Å²) >= 11 is 0. The molecule has 41 heavy (non-hydrogen) atoms. The maximum atomic E-state index is 12.7. The van der Waals surface area contributed by atoms with E-state index in [1.807, 2.05) is 0 Å². The Hall–Kier alpha value is -2.77. The Labute approximate surface area is 234 Å². The molecule has 4 saturated carbocycles. The maximum absolute atomic E-state index is 12.7. The lowest BCUT2D eigenvalue weighted by atomic mass is 9.41. The first-order valence-corrected chi connectivity index (χ1v) is 13.8. The van der Waals surface area contributed by atoms with E-state index in [1.54, 1.807) is 6.07 Å². The van der Waals surface area contributed by atoms with Gasteiger partial charge in [-0.3, -0.25) is 4.79 Å². The third kappa shape index (κ3) is 5.10. The standard InChI is InChI=1S/C26H35NO7.C2HF3O2/c1-23-8-5-19-20(26(23,32)11-7-18(23)16-2-3-21(29)33-14-16)6-10-25(31)12-17(34-22(30)13-27)4-9-24(19,25)15-28;3-2(4,5)1(6)7/h2-3,14-15,17-20,31-32H,4-13,27H2,1H3;(H,6,7)/t17-,18+,19-,20+,23+,24-,25-,26-;/m0./s1. The number of esters is 1. The number of hydrogen-bond donors (Lipinski definition) is 4. The summed E-state index contributed by atoms with van der Waals surface area (Å²) in [6.45, 7) is 1.92. The molecule has 4 fully saturated rings. The van der Waals surface area contributed by atoms with Crippen LogP contribution >= 0.6 is 0 Å². The Morgan fingerprint density at radius 2 is 1.76 bits per heavy atom. The van der Waals surface area contributed by atoms with Crippen LogP contribution in [0.1, 0.15) is 76.2 Å². The summed E-state index contributed by atoms with van der Waals surface area (Å²) in [6, 6.07) is 3.23. The van der Waals surface area contributed by atoms with E-state index < -0.39 is 51.9 Å². The maximum Gasteiger partial charge on any atom is 0.490 e. The van der Waals surface area contributed by atoms with Gasteiger partial charge in [0, 0.05) is 17.9 Å². The second-order valence-corrected chi connectivity index (χ2v) is 12.2. The quantitative estimate of drug-likeness (QED) is 0.302. The largest absolute Gasteiger partial charge is 0.490 e. The first-order valence-electron chi connectivity index (χ1n) is 13.8. The minimum atomic E-state index is -5.08. The molecule has 4 aliphatic carbocycles. The highest BCUT2D eigenvalue weighted by atomic mass is 19.4. The Morgan fingerprint density at radius 1 is 1.10 bits per heavy atom. The Morgan fingerprint density at radius 3 is 2.32 bits per heavy atom. The lowest BCUT2D eigenvalue weighted by Crippen LogP contribution is -2.68. The van der Waals surface area contributed by atoms with Crippen LogP contribution in [0, 0.1) is 22.7 Å². The molecule has 0 unspecified atom stereocenters. The van der Waals surface area contributed by atoms with Gasteiger partial charge in [0.15, 0.2) is 0 Å². The van der Waals surface area contributed by atoms with Crippen molar-refractivity contribution in [2.24, 2.45) is 28.4 Å². The fourth-order valence-electron chi connectivity index (χ4n) is 8.57. The number of aliphatic hydroxyl groups is 2. The average molecular weight is 588 g/mol. The molecule has 0 aliphatic heterocycles. The van der Waals surface area contributed by atoms with Crippen molar-refractivity contribution < 1.29 is 52.0 Å². The van der Waals surface area contributed by atoms with Crippen LogP contribution in [0.15, 0.2) is 27.6 Å². The van der Waals surface area contributed by atoms with Crippen molar-refractivity contribution in [1.82, 2.24) is 0 Å². The highest BCUT2D eigenvalue weighted by molar-refractivity contribution is 5.73. The van der Waals surface area contributed by atoms with Crippen molar-refractivity contribution >= 4 is 18.2 Å². The minimum Gasteiger partial charge on any atom is -0.475 e. The van der Waals surface area contributed by atoms with Gasteiger partial charge in [0.05, 0.1) is 29.4 Å². The summed E-state index contributed by atoms with van der Waals surface area (Å²) in [4.78, 5) is 44.9.